The van der Waals surface area contributed by atoms with Crippen LogP contribution in [-0.4, -0.2) is 98.7 Å². The fourth-order valence-corrected chi connectivity index (χ4v) is 5.89. The molecule has 1 saturated heterocycles. The summed E-state index contributed by atoms with van der Waals surface area (Å²) >= 11 is 13.2. The van der Waals surface area contributed by atoms with Crippen LogP contribution in [0.4, 0.5) is 0 Å². The second-order valence-corrected chi connectivity index (χ2v) is 10.7. The lowest BCUT2D eigenvalue weighted by Crippen LogP contribution is -2.51. The number of hydrogen-bond acceptors (Lipinski definition) is 6. The van der Waals surface area contributed by atoms with E-state index in [2.05, 4.69) is 20.7 Å². The minimum atomic E-state index is -1.31. The molecule has 12 nitrogen and oxygen atoms in total. The average Bonchev–Trinajstić information content (AvgIpc) is 3.58. The number of aliphatic hydroxyl groups is 1. The lowest BCUT2D eigenvalue weighted by Gasteiger charge is -2.30. The second kappa shape index (κ2) is 11.9. The highest BCUT2D eigenvalue weighted by molar-refractivity contribution is 6.40. The number of benzene rings is 1. The Hall–Kier alpha value is -3.87. The van der Waals surface area contributed by atoms with E-state index in [1.54, 1.807) is 34.8 Å². The molecule has 4 N–H and O–H groups in total. The van der Waals surface area contributed by atoms with Crippen LogP contribution in [0.25, 0.3) is 5.52 Å². The van der Waals surface area contributed by atoms with Crippen LogP contribution in [-0.2, 0) is 17.8 Å². The van der Waals surface area contributed by atoms with E-state index in [9.17, 15) is 24.6 Å². The number of aliphatic imine (C=N–C) groups is 1. The number of likely N-dealkylation sites (tertiary alicyclic amines) is 1. The highest BCUT2D eigenvalue weighted by atomic mass is 35.5. The van der Waals surface area contributed by atoms with E-state index in [0.29, 0.717) is 55.3 Å². The first-order valence-corrected chi connectivity index (χ1v) is 13.8. The number of aliphatic carboxylic acids is 1. The number of β-amino-alcohol motifs (C(OH)–C–C–N with tert-alkyl or cyclic N) is 1. The minimum absolute atomic E-state index is 0.0227. The Morgan fingerprint density at radius 3 is 2.68 bits per heavy atom. The fraction of sp³-hybridized carbons (Fsp3) is 0.370. The summed E-state index contributed by atoms with van der Waals surface area (Å²) in [4.78, 5) is 46.0. The number of carboxylic acid groups (broad SMARTS) is 1. The molecule has 14 heteroatoms. The molecule has 0 aliphatic carbocycles. The molecule has 2 aliphatic heterocycles. The van der Waals surface area contributed by atoms with Crippen LogP contribution in [0.5, 0.6) is 0 Å². The van der Waals surface area contributed by atoms with Gasteiger partial charge < -0.3 is 30.6 Å². The maximum absolute atomic E-state index is 13.2. The van der Waals surface area contributed by atoms with Gasteiger partial charge in [0.25, 0.3) is 11.8 Å². The molecule has 5 rings (SSSR count). The quantitative estimate of drug-likeness (QED) is 0.246. The Morgan fingerprint density at radius 2 is 2.00 bits per heavy atom. The topological polar surface area (TPSA) is 152 Å². The lowest BCUT2D eigenvalue weighted by molar-refractivity contribution is -0.139. The van der Waals surface area contributed by atoms with E-state index in [1.807, 2.05) is 23.1 Å². The zero-order chi connectivity index (χ0) is 29.3. The summed E-state index contributed by atoms with van der Waals surface area (Å²) in [6, 6.07) is 7.57. The molecule has 3 aromatic rings. The number of carboxylic acids is 1. The Labute approximate surface area is 245 Å². The number of nitrogens with one attached hydrogen (secondary N) is 2. The van der Waals surface area contributed by atoms with Gasteiger partial charge in [-0.25, -0.2) is 9.31 Å². The summed E-state index contributed by atoms with van der Waals surface area (Å²) < 4.78 is 1.64. The van der Waals surface area contributed by atoms with Crippen molar-refractivity contribution in [3.8, 4) is 0 Å². The summed E-state index contributed by atoms with van der Waals surface area (Å²) in [5, 5.41) is 29.5. The van der Waals surface area contributed by atoms with Crippen molar-refractivity contribution in [2.45, 2.75) is 31.5 Å². The van der Waals surface area contributed by atoms with Gasteiger partial charge in [0.05, 0.1) is 27.2 Å². The molecule has 2 aliphatic rings. The summed E-state index contributed by atoms with van der Waals surface area (Å²) in [6.45, 7) is 1.39. The summed E-state index contributed by atoms with van der Waals surface area (Å²) in [5.41, 5.74) is 2.48. The first-order valence-electron chi connectivity index (χ1n) is 13.1. The SMILES string of the molecule is C/N=C(\NC[C@H](NC(=O)c1c(Cl)cc2c(c1Cl)CCN(C(=O)c1cc3ccccn3n1)C2)C(=O)O)N1CC[C@H](O)C1. The predicted octanol–water partition coefficient (Wildman–Crippen LogP) is 1.66. The van der Waals surface area contributed by atoms with Crippen LogP contribution in [0.15, 0.2) is 41.5 Å². The number of carbonyl (C=O) groups excluding carboxylic acids is 2. The van der Waals surface area contributed by atoms with Crippen molar-refractivity contribution in [2.75, 3.05) is 33.2 Å². The molecule has 1 fully saturated rings. The highest BCUT2D eigenvalue weighted by Gasteiger charge is 2.31. The summed E-state index contributed by atoms with van der Waals surface area (Å²) in [5.74, 6) is -1.79. The van der Waals surface area contributed by atoms with E-state index < -0.39 is 24.0 Å². The van der Waals surface area contributed by atoms with Crippen molar-refractivity contribution in [3.63, 3.8) is 0 Å². The molecule has 4 heterocycles. The normalized spacial score (nSPS) is 17.9. The Balaban J connectivity index is 1.28. The van der Waals surface area contributed by atoms with Crippen molar-refractivity contribution < 1.29 is 24.6 Å². The maximum Gasteiger partial charge on any atom is 0.328 e. The number of hydrogen-bond donors (Lipinski definition) is 4. The van der Waals surface area contributed by atoms with Crippen molar-refractivity contribution in [3.05, 3.63) is 69.0 Å². The Bertz CT molecular complexity index is 1510. The van der Waals surface area contributed by atoms with Crippen molar-refractivity contribution in [1.29, 1.82) is 0 Å². The molecular formula is C27H29Cl2N7O5. The maximum atomic E-state index is 13.2. The van der Waals surface area contributed by atoms with Crippen LogP contribution in [0, 0.1) is 0 Å². The first kappa shape index (κ1) is 28.7. The van der Waals surface area contributed by atoms with Crippen LogP contribution in [0.1, 0.15) is 38.4 Å². The summed E-state index contributed by atoms with van der Waals surface area (Å²) in [6.07, 6.45) is 2.26. The van der Waals surface area contributed by atoms with E-state index >= 15 is 0 Å². The van der Waals surface area contributed by atoms with Gasteiger partial charge in [0.15, 0.2) is 11.7 Å². The number of aromatic nitrogens is 2. The monoisotopic (exact) mass is 601 g/mol. The van der Waals surface area contributed by atoms with Crippen molar-refractivity contribution in [2.24, 2.45) is 4.99 Å². The van der Waals surface area contributed by atoms with E-state index in [-0.39, 0.29) is 34.6 Å². The highest BCUT2D eigenvalue weighted by Crippen LogP contribution is 2.35. The van der Waals surface area contributed by atoms with Gasteiger partial charge in [-0.3, -0.25) is 14.6 Å². The number of carbonyl (C=O) groups is 3. The number of rotatable bonds is 6. The second-order valence-electron chi connectivity index (χ2n) is 9.94. The van der Waals surface area contributed by atoms with E-state index in [4.69, 9.17) is 23.2 Å². The standard InChI is InChI=1S/C27H29Cl2N7O5/c1-30-27(35-8-5-17(37)14-35)31-12-21(26(40)41)32-24(38)22-19(28)10-15-13-34(9-6-18(15)23(22)29)25(39)20-11-16-4-2-3-7-36(16)33-20/h2-4,7,10-11,17,21,37H,5-6,8-9,12-14H2,1H3,(H,30,31)(H,32,38)(H,40,41)/t17-,21-/m0/s1. The molecule has 0 unspecified atom stereocenters. The fourth-order valence-electron chi connectivity index (χ4n) is 5.13. The van der Waals surface area contributed by atoms with Crippen LogP contribution in [0.3, 0.4) is 0 Å². The molecule has 2 aromatic heterocycles. The third-order valence-corrected chi connectivity index (χ3v) is 7.97. The van der Waals surface area contributed by atoms with Gasteiger partial charge in [-0.05, 0) is 48.2 Å². The van der Waals surface area contributed by atoms with Crippen LogP contribution < -0.4 is 10.6 Å². The number of amides is 2. The van der Waals surface area contributed by atoms with E-state index in [1.165, 1.54) is 0 Å². The largest absolute Gasteiger partial charge is 0.480 e. The third-order valence-electron chi connectivity index (χ3n) is 7.25. The number of halogens is 2. The lowest BCUT2D eigenvalue weighted by atomic mass is 9.96. The molecule has 41 heavy (non-hydrogen) atoms. The number of aliphatic hydroxyl groups excluding tert-OH is 1. The van der Waals surface area contributed by atoms with Gasteiger partial charge in [-0.15, -0.1) is 0 Å². The Kier molecular flexibility index (Phi) is 8.34. The third kappa shape index (κ3) is 5.95. The van der Waals surface area contributed by atoms with Gasteiger partial charge in [0.1, 0.15) is 6.04 Å². The number of pyridine rings is 1. The molecule has 0 bridgehead atoms. The molecule has 2 amide bonds. The van der Waals surface area contributed by atoms with Crippen molar-refractivity contribution in [1.82, 2.24) is 30.0 Å². The predicted molar refractivity (Wildman–Crippen MR) is 153 cm³/mol. The smallest absolute Gasteiger partial charge is 0.328 e. The number of guanidine groups is 1. The van der Waals surface area contributed by atoms with Crippen LogP contribution in [0.2, 0.25) is 10.0 Å². The molecule has 0 radical (unpaired) electrons. The minimum Gasteiger partial charge on any atom is -0.480 e. The van der Waals surface area contributed by atoms with Gasteiger partial charge in [0, 0.05) is 46.0 Å². The molecule has 1 aromatic carbocycles. The Morgan fingerprint density at radius 1 is 1.20 bits per heavy atom. The van der Waals surface area contributed by atoms with Gasteiger partial charge in [0.2, 0.25) is 0 Å². The number of nitrogens with zero attached hydrogens (tertiary/aromatic N) is 5. The number of fused-ring (bicyclic) bond motifs is 2. The summed E-state index contributed by atoms with van der Waals surface area (Å²) in [7, 11) is 1.56. The first-order chi connectivity index (χ1) is 19.7. The van der Waals surface area contributed by atoms with Crippen molar-refractivity contribution >= 4 is 52.5 Å². The van der Waals surface area contributed by atoms with Gasteiger partial charge in [-0.1, -0.05) is 29.3 Å². The molecular weight excluding hydrogens is 573 g/mol. The zero-order valence-corrected chi connectivity index (χ0v) is 23.7. The molecule has 0 spiro atoms. The van der Waals surface area contributed by atoms with Crippen LogP contribution >= 0.6 is 23.2 Å². The molecule has 216 valence electrons. The van der Waals surface area contributed by atoms with Gasteiger partial charge >= 0.3 is 5.97 Å². The average molecular weight is 602 g/mol. The zero-order valence-electron chi connectivity index (χ0n) is 22.2. The van der Waals surface area contributed by atoms with Gasteiger partial charge in [-0.2, -0.15) is 5.10 Å². The van der Waals surface area contributed by atoms with E-state index in [0.717, 1.165) is 5.52 Å². The molecule has 2 atom stereocenters. The molecule has 0 saturated carbocycles.